The highest BCUT2D eigenvalue weighted by Crippen LogP contribution is 2.11. The molecule has 1 rings (SSSR count). The highest BCUT2D eigenvalue weighted by atomic mass is 16.2. The Kier molecular flexibility index (Phi) is 7.41. The van der Waals surface area contributed by atoms with Crippen LogP contribution >= 0.6 is 0 Å². The highest BCUT2D eigenvalue weighted by molar-refractivity contribution is 5.97. The van der Waals surface area contributed by atoms with Crippen LogP contribution in [-0.2, 0) is 9.59 Å². The molecule has 0 aromatic heterocycles. The van der Waals surface area contributed by atoms with Crippen molar-refractivity contribution in [3.63, 3.8) is 0 Å². The number of hydrogen-bond donors (Lipinski definition) is 1. The van der Waals surface area contributed by atoms with E-state index in [-0.39, 0.29) is 30.7 Å². The maximum absolute atomic E-state index is 12.0. The Bertz CT molecular complexity index is 568. The maximum atomic E-state index is 12.0. The fraction of sp³-hybridized carbons (Fsp3) is 0.471. The zero-order valence-electron chi connectivity index (χ0n) is 14.3. The number of nitrogens with zero attached hydrogens (tertiary/aromatic N) is 2. The van der Waals surface area contributed by atoms with Gasteiger partial charge in [0.2, 0.25) is 11.8 Å². The van der Waals surface area contributed by atoms with E-state index >= 15 is 0 Å². The van der Waals surface area contributed by atoms with Crippen LogP contribution in [0.3, 0.4) is 0 Å². The quantitative estimate of drug-likeness (QED) is 0.739. The van der Waals surface area contributed by atoms with Gasteiger partial charge in [0, 0.05) is 24.3 Å². The van der Waals surface area contributed by atoms with Gasteiger partial charge < -0.3 is 10.2 Å². The molecule has 6 heteroatoms. The fourth-order valence-corrected chi connectivity index (χ4v) is 2.22. The predicted molar refractivity (Wildman–Crippen MR) is 90.5 cm³/mol. The Morgan fingerprint density at radius 1 is 1.09 bits per heavy atom. The van der Waals surface area contributed by atoms with Gasteiger partial charge in [0.1, 0.15) is 0 Å². The van der Waals surface area contributed by atoms with E-state index < -0.39 is 0 Å². The minimum atomic E-state index is -0.222. The normalized spacial score (nSPS) is 10.5. The Morgan fingerprint density at radius 3 is 2.30 bits per heavy atom. The van der Waals surface area contributed by atoms with Crippen LogP contribution in [0, 0.1) is 0 Å². The molecule has 0 spiro atoms. The van der Waals surface area contributed by atoms with E-state index in [0.29, 0.717) is 24.3 Å². The molecule has 0 aliphatic heterocycles. The first kappa shape index (κ1) is 18.8. The molecular formula is C17H25N3O3. The van der Waals surface area contributed by atoms with Crippen molar-refractivity contribution < 1.29 is 14.4 Å². The number of rotatable bonds is 8. The average Bonchev–Trinajstić information content (AvgIpc) is 2.48. The Balaban J connectivity index is 2.54. The van der Waals surface area contributed by atoms with Crippen LogP contribution in [0.5, 0.6) is 0 Å². The van der Waals surface area contributed by atoms with Gasteiger partial charge in [-0.15, -0.1) is 0 Å². The summed E-state index contributed by atoms with van der Waals surface area (Å²) in [4.78, 5) is 38.8. The van der Waals surface area contributed by atoms with Crippen molar-refractivity contribution in [2.45, 2.75) is 20.8 Å². The summed E-state index contributed by atoms with van der Waals surface area (Å²) in [6.07, 6.45) is 0. The number of carbonyl (C=O) groups excluding carboxylic acids is 3. The number of likely N-dealkylation sites (N-methyl/N-ethyl adjacent to an activating group) is 2. The molecule has 1 N–H and O–H groups in total. The number of ketones is 1. The summed E-state index contributed by atoms with van der Waals surface area (Å²) in [7, 11) is 1.73. The predicted octanol–water partition coefficient (Wildman–Crippen LogP) is 1.63. The number of carbonyl (C=O) groups is 3. The molecule has 1 aromatic carbocycles. The number of amides is 2. The third kappa shape index (κ3) is 6.20. The molecule has 126 valence electrons. The van der Waals surface area contributed by atoms with E-state index in [4.69, 9.17) is 0 Å². The largest absolute Gasteiger partial charge is 0.342 e. The molecule has 0 unspecified atom stereocenters. The molecular weight excluding hydrogens is 294 g/mol. The lowest BCUT2D eigenvalue weighted by atomic mass is 10.1. The summed E-state index contributed by atoms with van der Waals surface area (Å²) >= 11 is 0. The number of benzene rings is 1. The van der Waals surface area contributed by atoms with Crippen LogP contribution in [0.4, 0.5) is 5.69 Å². The number of nitrogens with one attached hydrogen (secondary N) is 1. The van der Waals surface area contributed by atoms with Crippen LogP contribution in [0.1, 0.15) is 31.1 Å². The first-order chi connectivity index (χ1) is 10.9. The van der Waals surface area contributed by atoms with Gasteiger partial charge >= 0.3 is 0 Å². The molecule has 0 radical (unpaired) electrons. The second kappa shape index (κ2) is 9.05. The summed E-state index contributed by atoms with van der Waals surface area (Å²) < 4.78 is 0. The second-order valence-corrected chi connectivity index (χ2v) is 5.42. The minimum Gasteiger partial charge on any atom is -0.342 e. The fourth-order valence-electron chi connectivity index (χ4n) is 2.22. The summed E-state index contributed by atoms with van der Waals surface area (Å²) in [6.45, 7) is 6.96. The third-order valence-electron chi connectivity index (χ3n) is 3.49. The topological polar surface area (TPSA) is 69.7 Å². The molecule has 2 amide bonds. The SMILES string of the molecule is CCN(CC)C(=O)CN(C)CC(=O)Nc1cccc(C(C)=O)c1. The van der Waals surface area contributed by atoms with Gasteiger partial charge in [-0.3, -0.25) is 19.3 Å². The molecule has 0 bridgehead atoms. The minimum absolute atomic E-state index is 0.00359. The lowest BCUT2D eigenvalue weighted by Gasteiger charge is -2.22. The Labute approximate surface area is 137 Å². The first-order valence-corrected chi connectivity index (χ1v) is 7.74. The van der Waals surface area contributed by atoms with Crippen molar-refractivity contribution in [1.29, 1.82) is 0 Å². The smallest absolute Gasteiger partial charge is 0.238 e. The molecule has 1 aromatic rings. The van der Waals surface area contributed by atoms with Crippen molar-refractivity contribution in [2.24, 2.45) is 0 Å². The molecule has 6 nitrogen and oxygen atoms in total. The molecule has 0 heterocycles. The number of hydrogen-bond acceptors (Lipinski definition) is 4. The van der Waals surface area contributed by atoms with E-state index in [1.54, 1.807) is 41.1 Å². The van der Waals surface area contributed by atoms with E-state index in [0.717, 1.165) is 0 Å². The Hall–Kier alpha value is -2.21. The number of Topliss-reactive ketones (excluding diaryl/α,β-unsaturated/α-hetero) is 1. The van der Waals surface area contributed by atoms with Gasteiger partial charge in [0.25, 0.3) is 0 Å². The Morgan fingerprint density at radius 2 is 1.74 bits per heavy atom. The first-order valence-electron chi connectivity index (χ1n) is 7.74. The van der Waals surface area contributed by atoms with Crippen molar-refractivity contribution in [1.82, 2.24) is 9.80 Å². The van der Waals surface area contributed by atoms with Crippen LogP contribution in [0.15, 0.2) is 24.3 Å². The van der Waals surface area contributed by atoms with E-state index in [1.807, 2.05) is 13.8 Å². The molecule has 0 saturated heterocycles. The summed E-state index contributed by atoms with van der Waals surface area (Å²) in [6, 6.07) is 6.79. The van der Waals surface area contributed by atoms with Gasteiger partial charge in [0.15, 0.2) is 5.78 Å². The van der Waals surface area contributed by atoms with E-state index in [9.17, 15) is 14.4 Å². The van der Waals surface area contributed by atoms with Gasteiger partial charge in [-0.1, -0.05) is 12.1 Å². The lowest BCUT2D eigenvalue weighted by Crippen LogP contribution is -2.41. The molecule has 0 fully saturated rings. The van der Waals surface area contributed by atoms with Crippen LogP contribution in [0.25, 0.3) is 0 Å². The molecule has 0 saturated carbocycles. The van der Waals surface area contributed by atoms with Gasteiger partial charge in [-0.2, -0.15) is 0 Å². The van der Waals surface area contributed by atoms with Crippen LogP contribution in [0.2, 0.25) is 0 Å². The average molecular weight is 319 g/mol. The molecule has 0 atom stereocenters. The van der Waals surface area contributed by atoms with Crippen molar-refractivity contribution in [3.05, 3.63) is 29.8 Å². The zero-order valence-corrected chi connectivity index (χ0v) is 14.3. The summed E-state index contributed by atoms with van der Waals surface area (Å²) in [5, 5.41) is 2.74. The number of anilines is 1. The van der Waals surface area contributed by atoms with E-state index in [2.05, 4.69) is 5.32 Å². The van der Waals surface area contributed by atoms with Crippen LogP contribution < -0.4 is 5.32 Å². The maximum Gasteiger partial charge on any atom is 0.238 e. The van der Waals surface area contributed by atoms with Gasteiger partial charge in [-0.05, 0) is 40.0 Å². The third-order valence-corrected chi connectivity index (χ3v) is 3.49. The highest BCUT2D eigenvalue weighted by Gasteiger charge is 2.14. The second-order valence-electron chi connectivity index (χ2n) is 5.42. The van der Waals surface area contributed by atoms with Gasteiger partial charge in [-0.25, -0.2) is 0 Å². The zero-order chi connectivity index (χ0) is 17.4. The summed E-state index contributed by atoms with van der Waals surface area (Å²) in [5.74, 6) is -0.271. The lowest BCUT2D eigenvalue weighted by molar-refractivity contribution is -0.132. The molecule has 23 heavy (non-hydrogen) atoms. The standard InChI is InChI=1S/C17H25N3O3/c1-5-20(6-2)17(23)12-19(4)11-16(22)18-15-9-7-8-14(10-15)13(3)21/h7-10H,5-6,11-12H2,1-4H3,(H,18,22). The van der Waals surface area contributed by atoms with Crippen molar-refractivity contribution >= 4 is 23.3 Å². The van der Waals surface area contributed by atoms with E-state index in [1.165, 1.54) is 6.92 Å². The molecule has 0 aliphatic carbocycles. The van der Waals surface area contributed by atoms with Crippen LogP contribution in [-0.4, -0.2) is 60.6 Å². The van der Waals surface area contributed by atoms with Crippen molar-refractivity contribution in [3.8, 4) is 0 Å². The monoisotopic (exact) mass is 319 g/mol. The molecule has 0 aliphatic rings. The van der Waals surface area contributed by atoms with Gasteiger partial charge in [0.05, 0.1) is 13.1 Å². The van der Waals surface area contributed by atoms with Crippen molar-refractivity contribution in [2.75, 3.05) is 38.5 Å². The summed E-state index contributed by atoms with van der Waals surface area (Å²) in [5.41, 5.74) is 1.12.